The largest absolute Gasteiger partial charge is 0.477 e. The van der Waals surface area contributed by atoms with Gasteiger partial charge in [-0.2, -0.15) is 0 Å². The number of fused-ring (bicyclic) bond motifs is 1. The number of ether oxygens (including phenoxy) is 2. The normalized spacial score (nSPS) is 24.3. The lowest BCUT2D eigenvalue weighted by molar-refractivity contribution is -0.166. The first kappa shape index (κ1) is 49.6. The van der Waals surface area contributed by atoms with E-state index in [0.717, 1.165) is 24.8 Å². The summed E-state index contributed by atoms with van der Waals surface area (Å²) in [6.45, 7) is 10.2. The minimum Gasteiger partial charge on any atom is -0.477 e. The van der Waals surface area contributed by atoms with Gasteiger partial charge < -0.3 is 45.0 Å². The van der Waals surface area contributed by atoms with Crippen LogP contribution in [0.2, 0.25) is 0 Å². The molecule has 348 valence electrons. The number of aryl methyl sites for hydroxylation is 1. The number of hydrogen-bond acceptors (Lipinski definition) is 13. The molecule has 18 heteroatoms. The number of ketones is 1. The first-order valence-electron chi connectivity index (χ1n) is 22.4. The Balaban J connectivity index is 1.01. The summed E-state index contributed by atoms with van der Waals surface area (Å²) in [6.07, 6.45) is 7.72. The average molecular weight is 899 g/mol. The van der Waals surface area contributed by atoms with Crippen molar-refractivity contribution in [1.82, 2.24) is 30.3 Å². The third-order valence-corrected chi connectivity index (χ3v) is 14.4. The second-order valence-electron chi connectivity index (χ2n) is 17.9. The number of unbranched alkanes of at least 4 members (excludes halogenated alkanes) is 2. The zero-order valence-corrected chi connectivity index (χ0v) is 38.3. The molecule has 0 aromatic carbocycles. The molecular weight excluding hydrogens is 833 g/mol. The highest BCUT2D eigenvalue weighted by Crippen LogP contribution is 2.52. The van der Waals surface area contributed by atoms with Gasteiger partial charge >= 0.3 is 11.9 Å². The summed E-state index contributed by atoms with van der Waals surface area (Å²) < 4.78 is 11.7. The molecule has 0 radical (unpaired) electrons. The van der Waals surface area contributed by atoms with E-state index in [9.17, 15) is 43.8 Å². The minimum atomic E-state index is -1.17. The minimum absolute atomic E-state index is 0.0145. The lowest BCUT2D eigenvalue weighted by Gasteiger charge is -2.46. The number of carbonyl (C=O) groups excluding carboxylic acids is 6. The van der Waals surface area contributed by atoms with Crippen molar-refractivity contribution in [3.05, 3.63) is 40.7 Å². The third kappa shape index (κ3) is 12.2. The highest BCUT2D eigenvalue weighted by Gasteiger charge is 2.60. The highest BCUT2D eigenvalue weighted by atomic mass is 32.2. The number of nitrogens with zero attached hydrogens (tertiary/aromatic N) is 4. The van der Waals surface area contributed by atoms with Gasteiger partial charge in [-0.25, -0.2) is 9.59 Å². The van der Waals surface area contributed by atoms with E-state index in [-0.39, 0.29) is 53.8 Å². The summed E-state index contributed by atoms with van der Waals surface area (Å²) in [5, 5.41) is 26.2. The van der Waals surface area contributed by atoms with Gasteiger partial charge in [-0.05, 0) is 82.8 Å². The second kappa shape index (κ2) is 22.5. The third-order valence-electron chi connectivity index (χ3n) is 12.9. The number of Topliss-reactive ketones (excluding diaryl/α,β-unsaturated/α-hetero) is 1. The number of amides is 4. The molecule has 0 unspecified atom stereocenters. The number of carboxylic acid groups (broad SMARTS) is 1. The number of aromatic nitrogens is 1. The van der Waals surface area contributed by atoms with Crippen LogP contribution < -0.4 is 10.6 Å². The van der Waals surface area contributed by atoms with E-state index in [1.165, 1.54) is 21.6 Å². The molecule has 3 saturated heterocycles. The van der Waals surface area contributed by atoms with E-state index in [1.54, 1.807) is 45.1 Å². The van der Waals surface area contributed by atoms with Crippen LogP contribution in [0.5, 0.6) is 0 Å². The molecule has 5 rings (SSSR count). The van der Waals surface area contributed by atoms with Crippen LogP contribution >= 0.6 is 11.8 Å². The van der Waals surface area contributed by atoms with Crippen LogP contribution in [0.3, 0.4) is 0 Å². The standard InChI is InChI=1S/C45H66N6O11S/c1-7-45(4,5)39(54)42(57)50-21-12-9-15-33(50)44(60)62-30(17-16-29-14-13-18-46-23-29)25-61-26-34(53)47-19-10-8-11-20-49(6)40(55)32-22-31(24-48-32)63-38-27(2)36-35(28(3)52)41(56)51(36)37(38)43(58)59/h13-14,18,23,27-28,30-33,35-36,48,52H,7-12,15-17,19-22,24-26H2,1-6H3,(H,47,53)(H,58,59)/t27-,28-,30-,31+,32+,33+,35-,36-/m1/s1. The van der Waals surface area contributed by atoms with E-state index in [2.05, 4.69) is 15.6 Å². The fourth-order valence-electron chi connectivity index (χ4n) is 8.72. The Labute approximate surface area is 374 Å². The zero-order chi connectivity index (χ0) is 46.0. The van der Waals surface area contributed by atoms with Gasteiger partial charge in [-0.3, -0.25) is 29.0 Å². The topological polar surface area (TPSA) is 225 Å². The number of aliphatic carboxylic acids is 1. The van der Waals surface area contributed by atoms with Crippen LogP contribution in [-0.4, -0.2) is 153 Å². The Hall–Kier alpha value is -4.39. The number of pyridine rings is 1. The molecular formula is C45H66N6O11S. The fraction of sp³-hybridized carbons (Fsp3) is 0.689. The van der Waals surface area contributed by atoms with Gasteiger partial charge in [-0.1, -0.05) is 33.8 Å². The number of aliphatic hydroxyl groups is 1. The number of carboxylic acids is 1. The second-order valence-corrected chi connectivity index (χ2v) is 19.3. The summed E-state index contributed by atoms with van der Waals surface area (Å²) >= 11 is 1.41. The molecule has 4 aliphatic heterocycles. The number of aliphatic hydroxyl groups excluding tert-OH is 1. The summed E-state index contributed by atoms with van der Waals surface area (Å²) in [5.41, 5.74) is 0.0816. The number of likely N-dealkylation sites (tertiary alicyclic amines) is 1. The maximum absolute atomic E-state index is 13.6. The van der Waals surface area contributed by atoms with Crippen LogP contribution in [-0.2, 0) is 49.5 Å². The molecule has 8 atom stereocenters. The van der Waals surface area contributed by atoms with Crippen LogP contribution in [0.1, 0.15) is 98.0 Å². The SMILES string of the molecule is CCC(C)(C)C(=O)C(=O)N1CCCC[C@H]1C(=O)O[C@H](CCc1cccnc1)COCC(=O)NCCCCCN(C)C(=O)[C@@H]1C[C@H](SC2=C(C(=O)O)N3C(=O)[C@H]([C@@H](C)O)[C@H]3[C@H]2C)CN1. The van der Waals surface area contributed by atoms with Gasteiger partial charge in [0.1, 0.15) is 24.4 Å². The number of nitrogens with one attached hydrogen (secondary N) is 2. The Morgan fingerprint density at radius 3 is 2.59 bits per heavy atom. The molecule has 4 N–H and O–H groups in total. The number of likely N-dealkylation sites (N-methyl/N-ethyl adjacent to an activating group) is 1. The van der Waals surface area contributed by atoms with Crippen molar-refractivity contribution in [2.75, 3.05) is 46.4 Å². The number of carbonyl (C=O) groups is 7. The molecule has 1 aromatic rings. The first-order chi connectivity index (χ1) is 30.0. The average Bonchev–Trinajstić information content (AvgIpc) is 3.83. The molecule has 5 heterocycles. The molecule has 0 bridgehead atoms. The molecule has 4 amide bonds. The van der Waals surface area contributed by atoms with Gasteiger partial charge in [0.15, 0.2) is 0 Å². The van der Waals surface area contributed by atoms with Crippen molar-refractivity contribution >= 4 is 53.1 Å². The van der Waals surface area contributed by atoms with Crippen LogP contribution in [0.25, 0.3) is 0 Å². The van der Waals surface area contributed by atoms with Gasteiger partial charge in [-0.15, -0.1) is 11.8 Å². The van der Waals surface area contributed by atoms with Crippen molar-refractivity contribution in [2.45, 2.75) is 134 Å². The van der Waals surface area contributed by atoms with Gasteiger partial charge in [0.2, 0.25) is 23.5 Å². The number of hydrogen-bond donors (Lipinski definition) is 4. The Morgan fingerprint density at radius 1 is 1.14 bits per heavy atom. The summed E-state index contributed by atoms with van der Waals surface area (Å²) in [4.78, 5) is 99.9. The number of thioether (sulfide) groups is 1. The number of rotatable bonds is 23. The molecule has 0 aliphatic carbocycles. The quantitative estimate of drug-likeness (QED) is 0.0537. The van der Waals surface area contributed by atoms with E-state index in [1.807, 2.05) is 26.0 Å². The van der Waals surface area contributed by atoms with E-state index in [4.69, 9.17) is 9.47 Å². The number of piperidine rings is 1. The predicted octanol–water partition coefficient (Wildman–Crippen LogP) is 2.69. The molecule has 0 spiro atoms. The van der Waals surface area contributed by atoms with E-state index >= 15 is 0 Å². The van der Waals surface area contributed by atoms with Crippen LogP contribution in [0, 0.1) is 17.3 Å². The van der Waals surface area contributed by atoms with E-state index < -0.39 is 59.3 Å². The molecule has 0 saturated carbocycles. The Kier molecular flexibility index (Phi) is 17.7. The molecule has 4 aliphatic rings. The van der Waals surface area contributed by atoms with Crippen molar-refractivity contribution in [3.8, 4) is 0 Å². The van der Waals surface area contributed by atoms with Crippen molar-refractivity contribution in [2.24, 2.45) is 17.3 Å². The Bertz CT molecular complexity index is 1860. The lowest BCUT2D eigenvalue weighted by Crippen LogP contribution is -2.63. The molecule has 63 heavy (non-hydrogen) atoms. The van der Waals surface area contributed by atoms with Crippen molar-refractivity contribution in [1.29, 1.82) is 0 Å². The van der Waals surface area contributed by atoms with Gasteiger partial charge in [0.25, 0.3) is 5.91 Å². The van der Waals surface area contributed by atoms with E-state index in [0.29, 0.717) is 76.0 Å². The predicted molar refractivity (Wildman–Crippen MR) is 234 cm³/mol. The van der Waals surface area contributed by atoms with Gasteiger partial charge in [0, 0.05) is 67.1 Å². The summed E-state index contributed by atoms with van der Waals surface area (Å²) in [6, 6.07) is 2.06. The molecule has 1 aromatic heterocycles. The molecule has 17 nitrogen and oxygen atoms in total. The van der Waals surface area contributed by atoms with Crippen molar-refractivity contribution < 1.29 is 53.2 Å². The number of β-lactam (4-membered cyclic amide) rings is 1. The smallest absolute Gasteiger partial charge is 0.353 e. The maximum atomic E-state index is 13.6. The lowest BCUT2D eigenvalue weighted by atomic mass is 9.79. The Morgan fingerprint density at radius 2 is 1.90 bits per heavy atom. The fourth-order valence-corrected chi connectivity index (χ4v) is 10.2. The summed E-state index contributed by atoms with van der Waals surface area (Å²) in [5.74, 6) is -4.55. The monoisotopic (exact) mass is 898 g/mol. The maximum Gasteiger partial charge on any atom is 0.353 e. The summed E-state index contributed by atoms with van der Waals surface area (Å²) in [7, 11) is 1.75. The van der Waals surface area contributed by atoms with Crippen molar-refractivity contribution in [3.63, 3.8) is 0 Å². The van der Waals surface area contributed by atoms with Crippen LogP contribution in [0.15, 0.2) is 35.1 Å². The van der Waals surface area contributed by atoms with Crippen LogP contribution in [0.4, 0.5) is 0 Å². The van der Waals surface area contributed by atoms with Gasteiger partial charge in [0.05, 0.1) is 30.7 Å². The zero-order valence-electron chi connectivity index (χ0n) is 37.5. The highest BCUT2D eigenvalue weighted by molar-refractivity contribution is 8.03. The molecule has 3 fully saturated rings. The number of esters is 1. The first-order valence-corrected chi connectivity index (χ1v) is 23.3.